The first-order valence-corrected chi connectivity index (χ1v) is 4.73. The predicted molar refractivity (Wildman–Crippen MR) is 52.9 cm³/mol. The second-order valence-corrected chi connectivity index (χ2v) is 3.72. The number of hydrogen-bond acceptors (Lipinski definition) is 3. The average molecular weight is 196 g/mol. The van der Waals surface area contributed by atoms with Crippen molar-refractivity contribution in [2.75, 3.05) is 0 Å². The van der Waals surface area contributed by atoms with Gasteiger partial charge in [-0.25, -0.2) is 4.79 Å². The van der Waals surface area contributed by atoms with Gasteiger partial charge in [-0.05, 0) is 27.7 Å². The van der Waals surface area contributed by atoms with Gasteiger partial charge in [0.2, 0.25) is 0 Å². The summed E-state index contributed by atoms with van der Waals surface area (Å²) in [7, 11) is 0. The Morgan fingerprint density at radius 2 is 1.86 bits per heavy atom. The van der Waals surface area contributed by atoms with Crippen LogP contribution in [0.5, 0.6) is 0 Å². The van der Waals surface area contributed by atoms with Gasteiger partial charge >= 0.3 is 6.03 Å². The molecule has 14 heavy (non-hydrogen) atoms. The lowest BCUT2D eigenvalue weighted by Gasteiger charge is -2.29. The van der Waals surface area contributed by atoms with Gasteiger partial charge in [-0.2, -0.15) is 4.68 Å². The van der Waals surface area contributed by atoms with E-state index in [0.717, 1.165) is 0 Å². The van der Waals surface area contributed by atoms with Crippen LogP contribution in [0.1, 0.15) is 27.7 Å². The zero-order valence-electron chi connectivity index (χ0n) is 9.01. The molecule has 0 unspecified atom stereocenters. The second-order valence-electron chi connectivity index (χ2n) is 3.72. The average Bonchev–Trinajstić information content (AvgIpc) is 2.53. The van der Waals surface area contributed by atoms with Gasteiger partial charge in [0.15, 0.2) is 0 Å². The molecule has 5 heteroatoms. The number of aromatic nitrogens is 3. The van der Waals surface area contributed by atoms with Crippen LogP contribution in [0.25, 0.3) is 0 Å². The van der Waals surface area contributed by atoms with E-state index >= 15 is 0 Å². The molecular formula is C9H16N4O. The molecule has 5 nitrogen and oxygen atoms in total. The first-order chi connectivity index (χ1) is 6.54. The standard InChI is InChI=1S/C9H16N4O/c1-7(2)13(8(3)4)9(14)12-6-5-10-11-12/h5-8H,1-4H3. The molecule has 1 aromatic rings. The highest BCUT2D eigenvalue weighted by Gasteiger charge is 2.21. The molecule has 0 aliphatic carbocycles. The van der Waals surface area contributed by atoms with Crippen LogP contribution in [-0.4, -0.2) is 38.0 Å². The number of amides is 1. The number of rotatable bonds is 2. The van der Waals surface area contributed by atoms with Crippen LogP contribution in [0.15, 0.2) is 12.4 Å². The van der Waals surface area contributed by atoms with Gasteiger partial charge < -0.3 is 4.90 Å². The van der Waals surface area contributed by atoms with Crippen molar-refractivity contribution in [1.29, 1.82) is 0 Å². The molecule has 0 bridgehead atoms. The fourth-order valence-electron chi connectivity index (χ4n) is 1.47. The summed E-state index contributed by atoms with van der Waals surface area (Å²) in [5, 5.41) is 7.29. The summed E-state index contributed by atoms with van der Waals surface area (Å²) in [6.07, 6.45) is 3.05. The zero-order valence-corrected chi connectivity index (χ0v) is 9.01. The third-order valence-electron chi connectivity index (χ3n) is 1.95. The molecule has 0 saturated heterocycles. The Bertz CT molecular complexity index is 284. The predicted octanol–water partition coefficient (Wildman–Crippen LogP) is 1.36. The van der Waals surface area contributed by atoms with Gasteiger partial charge in [0.05, 0.1) is 12.4 Å². The van der Waals surface area contributed by atoms with E-state index in [4.69, 9.17) is 0 Å². The minimum Gasteiger partial charge on any atom is -0.318 e. The maximum absolute atomic E-state index is 11.9. The molecule has 1 amide bonds. The van der Waals surface area contributed by atoms with E-state index < -0.39 is 0 Å². The highest BCUT2D eigenvalue weighted by Crippen LogP contribution is 2.06. The lowest BCUT2D eigenvalue weighted by atomic mass is 10.2. The van der Waals surface area contributed by atoms with Crippen LogP contribution < -0.4 is 0 Å². The van der Waals surface area contributed by atoms with Gasteiger partial charge in [-0.1, -0.05) is 5.21 Å². The summed E-state index contributed by atoms with van der Waals surface area (Å²) < 4.78 is 1.25. The second kappa shape index (κ2) is 4.21. The summed E-state index contributed by atoms with van der Waals surface area (Å²) in [5.41, 5.74) is 0. The lowest BCUT2D eigenvalue weighted by Crippen LogP contribution is -2.44. The van der Waals surface area contributed by atoms with E-state index in [-0.39, 0.29) is 18.1 Å². The summed E-state index contributed by atoms with van der Waals surface area (Å²) >= 11 is 0. The summed E-state index contributed by atoms with van der Waals surface area (Å²) in [6, 6.07) is 0.186. The van der Waals surface area contributed by atoms with Crippen LogP contribution in [0.2, 0.25) is 0 Å². The van der Waals surface area contributed by atoms with Gasteiger partial charge in [-0.3, -0.25) is 0 Å². The first kappa shape index (κ1) is 10.7. The molecule has 0 fully saturated rings. The lowest BCUT2D eigenvalue weighted by molar-refractivity contribution is 0.163. The normalized spacial score (nSPS) is 11.0. The van der Waals surface area contributed by atoms with Crippen molar-refractivity contribution in [1.82, 2.24) is 19.9 Å². The van der Waals surface area contributed by atoms with E-state index in [1.165, 1.54) is 10.9 Å². The summed E-state index contributed by atoms with van der Waals surface area (Å²) in [4.78, 5) is 13.6. The molecule has 0 saturated carbocycles. The van der Waals surface area contributed by atoms with Gasteiger partial charge in [0, 0.05) is 12.1 Å². The Labute approximate surface area is 83.7 Å². The van der Waals surface area contributed by atoms with Crippen molar-refractivity contribution in [2.24, 2.45) is 0 Å². The molecule has 1 rings (SSSR count). The number of carbonyl (C=O) groups is 1. The molecule has 0 atom stereocenters. The maximum Gasteiger partial charge on any atom is 0.346 e. The fourth-order valence-corrected chi connectivity index (χ4v) is 1.47. The van der Waals surface area contributed by atoms with Gasteiger partial charge in [-0.15, -0.1) is 5.10 Å². The first-order valence-electron chi connectivity index (χ1n) is 4.73. The van der Waals surface area contributed by atoms with E-state index in [9.17, 15) is 4.79 Å². The van der Waals surface area contributed by atoms with Crippen molar-refractivity contribution in [3.8, 4) is 0 Å². The van der Waals surface area contributed by atoms with Crippen LogP contribution in [0.3, 0.4) is 0 Å². The number of hydrogen-bond donors (Lipinski definition) is 0. The highest BCUT2D eigenvalue weighted by molar-refractivity contribution is 5.76. The summed E-state index contributed by atoms with van der Waals surface area (Å²) in [5.74, 6) is 0. The van der Waals surface area contributed by atoms with E-state index in [2.05, 4.69) is 10.3 Å². The van der Waals surface area contributed by atoms with Crippen molar-refractivity contribution in [2.45, 2.75) is 39.8 Å². The third kappa shape index (κ3) is 2.10. The molecule has 1 aromatic heterocycles. The Kier molecular flexibility index (Phi) is 3.22. The van der Waals surface area contributed by atoms with Crippen molar-refractivity contribution in [3.05, 3.63) is 12.4 Å². The molecule has 0 aliphatic rings. The van der Waals surface area contributed by atoms with Gasteiger partial charge in [0.25, 0.3) is 0 Å². The van der Waals surface area contributed by atoms with Crippen LogP contribution in [0, 0.1) is 0 Å². The smallest absolute Gasteiger partial charge is 0.318 e. The quantitative estimate of drug-likeness (QED) is 0.717. The van der Waals surface area contributed by atoms with Crippen molar-refractivity contribution in [3.63, 3.8) is 0 Å². The third-order valence-corrected chi connectivity index (χ3v) is 1.95. The number of nitrogens with zero attached hydrogens (tertiary/aromatic N) is 4. The maximum atomic E-state index is 11.9. The number of carbonyl (C=O) groups excluding carboxylic acids is 1. The molecule has 0 aliphatic heterocycles. The van der Waals surface area contributed by atoms with Crippen LogP contribution in [-0.2, 0) is 0 Å². The largest absolute Gasteiger partial charge is 0.346 e. The Morgan fingerprint density at radius 1 is 1.29 bits per heavy atom. The molecule has 0 N–H and O–H groups in total. The Morgan fingerprint density at radius 3 is 2.21 bits per heavy atom. The van der Waals surface area contributed by atoms with Crippen LogP contribution >= 0.6 is 0 Å². The molecule has 78 valence electrons. The molecule has 0 aromatic carbocycles. The zero-order chi connectivity index (χ0) is 10.7. The topological polar surface area (TPSA) is 51.0 Å². The molecule has 1 heterocycles. The van der Waals surface area contributed by atoms with Crippen molar-refractivity contribution >= 4 is 6.03 Å². The molecule has 0 radical (unpaired) electrons. The Hall–Kier alpha value is -1.39. The molecular weight excluding hydrogens is 180 g/mol. The molecule has 0 spiro atoms. The van der Waals surface area contributed by atoms with E-state index in [0.29, 0.717) is 0 Å². The van der Waals surface area contributed by atoms with Crippen LogP contribution in [0.4, 0.5) is 4.79 Å². The minimum absolute atomic E-state index is 0.132. The van der Waals surface area contributed by atoms with E-state index in [1.807, 2.05) is 27.7 Å². The monoisotopic (exact) mass is 196 g/mol. The van der Waals surface area contributed by atoms with Crippen molar-refractivity contribution < 1.29 is 4.79 Å². The van der Waals surface area contributed by atoms with E-state index in [1.54, 1.807) is 11.1 Å². The highest BCUT2D eigenvalue weighted by atomic mass is 16.2. The SMILES string of the molecule is CC(C)N(C(=O)n1ccnn1)C(C)C. The fraction of sp³-hybridized carbons (Fsp3) is 0.667. The Balaban J connectivity index is 2.85. The minimum atomic E-state index is -0.132. The van der Waals surface area contributed by atoms with Gasteiger partial charge in [0.1, 0.15) is 0 Å². The summed E-state index contributed by atoms with van der Waals surface area (Å²) in [6.45, 7) is 7.92.